The van der Waals surface area contributed by atoms with E-state index in [9.17, 15) is 9.59 Å². The van der Waals surface area contributed by atoms with E-state index in [1.165, 1.54) is 0 Å². The molecule has 1 saturated heterocycles. The third kappa shape index (κ3) is 5.94. The predicted molar refractivity (Wildman–Crippen MR) is 154 cm³/mol. The number of anilines is 1. The molecule has 0 saturated carbocycles. The van der Waals surface area contributed by atoms with Crippen LogP contribution in [-0.2, 0) is 9.53 Å². The molecule has 1 N–H and O–H groups in total. The molecule has 0 aromatic heterocycles. The lowest BCUT2D eigenvalue weighted by molar-refractivity contribution is -0.119. The molecule has 2 atom stereocenters. The molecule has 3 aromatic carbocycles. The minimum atomic E-state index is -0.655. The van der Waals surface area contributed by atoms with E-state index in [4.69, 9.17) is 25.8 Å². The van der Waals surface area contributed by atoms with Gasteiger partial charge in [-0.3, -0.25) is 14.5 Å². The molecular weight excluding hydrogens is 530 g/mol. The second-order valence-corrected chi connectivity index (χ2v) is 10.2. The number of benzene rings is 3. The molecule has 2 aliphatic heterocycles. The van der Waals surface area contributed by atoms with Crippen molar-refractivity contribution in [2.24, 2.45) is 0 Å². The predicted octanol–water partition coefficient (Wildman–Crippen LogP) is 5.00. The van der Waals surface area contributed by atoms with Crippen LogP contribution in [0, 0.1) is 0 Å². The molecule has 2 heterocycles. The highest BCUT2D eigenvalue weighted by atomic mass is 35.5. The van der Waals surface area contributed by atoms with Crippen LogP contribution in [-0.4, -0.2) is 74.7 Å². The number of rotatable bonds is 9. The van der Waals surface area contributed by atoms with Gasteiger partial charge < -0.3 is 24.4 Å². The van der Waals surface area contributed by atoms with Crippen molar-refractivity contribution >= 4 is 29.1 Å². The highest BCUT2D eigenvalue weighted by Gasteiger charge is 2.44. The molecule has 3 aromatic rings. The molecule has 0 bridgehead atoms. The maximum absolute atomic E-state index is 14.1. The summed E-state index contributed by atoms with van der Waals surface area (Å²) >= 11 is 6.35. The van der Waals surface area contributed by atoms with Crippen LogP contribution in [0.5, 0.6) is 11.5 Å². The summed E-state index contributed by atoms with van der Waals surface area (Å²) in [6, 6.07) is 19.7. The van der Waals surface area contributed by atoms with Crippen molar-refractivity contribution in [2.75, 3.05) is 58.4 Å². The Hall–Kier alpha value is -3.59. The maximum atomic E-state index is 14.1. The van der Waals surface area contributed by atoms with E-state index in [0.717, 1.165) is 24.4 Å². The summed E-state index contributed by atoms with van der Waals surface area (Å²) in [6.07, 6.45) is 0. The van der Waals surface area contributed by atoms with Crippen LogP contribution < -0.4 is 14.8 Å². The van der Waals surface area contributed by atoms with Crippen LogP contribution in [0.15, 0.2) is 66.7 Å². The number of carbonyl (C=O) groups is 2. The quantitative estimate of drug-likeness (QED) is 0.395. The molecule has 1 fully saturated rings. The molecule has 8 nitrogen and oxygen atoms in total. The zero-order chi connectivity index (χ0) is 28.1. The Morgan fingerprint density at radius 1 is 1.05 bits per heavy atom. The molecule has 0 radical (unpaired) electrons. The number of nitrogens with one attached hydrogen (secondary N) is 1. The van der Waals surface area contributed by atoms with Gasteiger partial charge in [0.1, 0.15) is 11.5 Å². The van der Waals surface area contributed by atoms with E-state index in [1.807, 2.05) is 54.3 Å². The molecule has 0 aliphatic carbocycles. The van der Waals surface area contributed by atoms with Crippen LogP contribution in [0.3, 0.4) is 0 Å². The molecule has 2 aliphatic rings. The minimum absolute atomic E-state index is 0.0840. The Kier molecular flexibility index (Phi) is 8.89. The van der Waals surface area contributed by atoms with E-state index < -0.39 is 12.0 Å². The monoisotopic (exact) mass is 563 g/mol. The first kappa shape index (κ1) is 28.0. The number of ether oxygens (including phenoxy) is 3. The first-order chi connectivity index (χ1) is 19.5. The van der Waals surface area contributed by atoms with Gasteiger partial charge in [-0.1, -0.05) is 41.9 Å². The lowest BCUT2D eigenvalue weighted by Crippen LogP contribution is -2.49. The molecule has 2 amide bonds. The van der Waals surface area contributed by atoms with Gasteiger partial charge >= 0.3 is 0 Å². The molecular formula is C31H34ClN3O5. The van der Waals surface area contributed by atoms with Crippen LogP contribution in [0.4, 0.5) is 5.69 Å². The number of nitrogens with zero attached hydrogens (tertiary/aromatic N) is 2. The lowest BCUT2D eigenvalue weighted by Gasteiger charge is -2.42. The summed E-state index contributed by atoms with van der Waals surface area (Å²) in [5.41, 5.74) is 2.65. The second-order valence-electron chi connectivity index (χ2n) is 9.80. The Morgan fingerprint density at radius 3 is 2.50 bits per heavy atom. The topological polar surface area (TPSA) is 80.3 Å². The molecule has 40 heavy (non-hydrogen) atoms. The van der Waals surface area contributed by atoms with Crippen molar-refractivity contribution in [3.05, 3.63) is 88.4 Å². The zero-order valence-corrected chi connectivity index (χ0v) is 23.5. The fourth-order valence-corrected chi connectivity index (χ4v) is 5.72. The van der Waals surface area contributed by atoms with Gasteiger partial charge in [0, 0.05) is 37.4 Å². The summed E-state index contributed by atoms with van der Waals surface area (Å²) < 4.78 is 16.4. The normalized spacial score (nSPS) is 19.2. The average Bonchev–Trinajstić information content (AvgIpc) is 2.98. The van der Waals surface area contributed by atoms with Crippen LogP contribution in [0.1, 0.15) is 40.4 Å². The SMILES string of the molecule is CCOc1ccc([C@@H]2[C@@H](C(=O)Nc3ccc(OC)c(Cl)c3)c3ccccc3C(=O)N2CCN2CCOCC2)cc1. The summed E-state index contributed by atoms with van der Waals surface area (Å²) in [6.45, 7) is 6.63. The lowest BCUT2D eigenvalue weighted by atomic mass is 9.79. The third-order valence-corrected chi connectivity index (χ3v) is 7.73. The molecule has 0 spiro atoms. The first-order valence-electron chi connectivity index (χ1n) is 13.6. The van der Waals surface area contributed by atoms with E-state index in [-0.39, 0.29) is 11.8 Å². The largest absolute Gasteiger partial charge is 0.495 e. The van der Waals surface area contributed by atoms with Crippen molar-refractivity contribution in [1.29, 1.82) is 0 Å². The van der Waals surface area contributed by atoms with Crippen molar-refractivity contribution in [2.45, 2.75) is 18.9 Å². The van der Waals surface area contributed by atoms with Crippen molar-refractivity contribution in [3.63, 3.8) is 0 Å². The second kappa shape index (κ2) is 12.7. The number of methoxy groups -OCH3 is 1. The number of carbonyl (C=O) groups excluding carboxylic acids is 2. The smallest absolute Gasteiger partial charge is 0.254 e. The van der Waals surface area contributed by atoms with Crippen molar-refractivity contribution in [1.82, 2.24) is 9.80 Å². The summed E-state index contributed by atoms with van der Waals surface area (Å²) in [4.78, 5) is 32.3. The van der Waals surface area contributed by atoms with Crippen LogP contribution in [0.2, 0.25) is 5.02 Å². The number of halogens is 1. The van der Waals surface area contributed by atoms with E-state index >= 15 is 0 Å². The summed E-state index contributed by atoms with van der Waals surface area (Å²) in [5, 5.41) is 3.45. The number of amides is 2. The van der Waals surface area contributed by atoms with Gasteiger partial charge in [-0.15, -0.1) is 0 Å². The number of hydrogen-bond acceptors (Lipinski definition) is 6. The van der Waals surface area contributed by atoms with Gasteiger partial charge in [-0.25, -0.2) is 0 Å². The van der Waals surface area contributed by atoms with Crippen molar-refractivity contribution in [3.8, 4) is 11.5 Å². The average molecular weight is 564 g/mol. The third-order valence-electron chi connectivity index (χ3n) is 7.43. The van der Waals surface area contributed by atoms with E-state index in [0.29, 0.717) is 60.5 Å². The highest BCUT2D eigenvalue weighted by Crippen LogP contribution is 2.44. The Bertz CT molecular complexity index is 1340. The van der Waals surface area contributed by atoms with E-state index in [2.05, 4.69) is 10.2 Å². The Balaban J connectivity index is 1.54. The fraction of sp³-hybridized carbons (Fsp3) is 0.355. The van der Waals surface area contributed by atoms with Gasteiger partial charge in [-0.2, -0.15) is 0 Å². The van der Waals surface area contributed by atoms with Crippen LogP contribution >= 0.6 is 11.6 Å². The van der Waals surface area contributed by atoms with E-state index in [1.54, 1.807) is 31.4 Å². The van der Waals surface area contributed by atoms with Gasteiger partial charge in [0.2, 0.25) is 5.91 Å². The number of hydrogen-bond donors (Lipinski definition) is 1. The molecule has 9 heteroatoms. The first-order valence-corrected chi connectivity index (χ1v) is 13.9. The Morgan fingerprint density at radius 2 is 1.80 bits per heavy atom. The molecule has 0 unspecified atom stereocenters. The van der Waals surface area contributed by atoms with Gasteiger partial charge in [0.05, 0.1) is 43.9 Å². The summed E-state index contributed by atoms with van der Waals surface area (Å²) in [7, 11) is 1.54. The van der Waals surface area contributed by atoms with Gasteiger partial charge in [-0.05, 0) is 54.4 Å². The van der Waals surface area contributed by atoms with Gasteiger partial charge in [0.25, 0.3) is 5.91 Å². The maximum Gasteiger partial charge on any atom is 0.254 e. The molecule has 210 valence electrons. The fourth-order valence-electron chi connectivity index (χ4n) is 5.46. The number of fused-ring (bicyclic) bond motifs is 1. The Labute approximate surface area is 239 Å². The van der Waals surface area contributed by atoms with Crippen LogP contribution in [0.25, 0.3) is 0 Å². The number of morpholine rings is 1. The standard InChI is InChI=1S/C31H34ClN3O5/c1-3-40-23-11-8-21(9-12-23)29-28(30(36)33-22-10-13-27(38-2)26(32)20-22)24-6-4-5-7-25(24)31(37)35(29)15-14-34-16-18-39-19-17-34/h4-13,20,28-29H,3,14-19H2,1-2H3,(H,33,36)/t28-,29+/m0/s1. The highest BCUT2D eigenvalue weighted by molar-refractivity contribution is 6.32. The zero-order valence-electron chi connectivity index (χ0n) is 22.8. The van der Waals surface area contributed by atoms with Crippen molar-refractivity contribution < 1.29 is 23.8 Å². The molecule has 5 rings (SSSR count). The minimum Gasteiger partial charge on any atom is -0.495 e. The summed E-state index contributed by atoms with van der Waals surface area (Å²) in [5.74, 6) is 0.297. The van der Waals surface area contributed by atoms with Gasteiger partial charge in [0.15, 0.2) is 0 Å².